The lowest BCUT2D eigenvalue weighted by atomic mass is 9.88. The molecule has 2 aliphatic rings. The van der Waals surface area contributed by atoms with Crippen LogP contribution < -0.4 is 11.1 Å². The van der Waals surface area contributed by atoms with Gasteiger partial charge in [-0.05, 0) is 25.7 Å². The molecule has 0 unspecified atom stereocenters. The molecule has 14 heavy (non-hydrogen) atoms. The van der Waals surface area contributed by atoms with Gasteiger partial charge in [0.1, 0.15) is 0 Å². The zero-order valence-corrected chi connectivity index (χ0v) is 8.72. The lowest BCUT2D eigenvalue weighted by Crippen LogP contribution is -2.45. The summed E-state index contributed by atoms with van der Waals surface area (Å²) in [5.41, 5.74) is 5.63. The van der Waals surface area contributed by atoms with Crippen LogP contribution in [0.3, 0.4) is 0 Å². The van der Waals surface area contributed by atoms with Crippen molar-refractivity contribution in [2.45, 2.75) is 50.5 Å². The predicted octanol–water partition coefficient (Wildman–Crippen LogP) is 1.17. The van der Waals surface area contributed by atoms with Crippen LogP contribution in [0.25, 0.3) is 0 Å². The molecule has 80 valence electrons. The number of carbonyl (C=O) groups is 1. The van der Waals surface area contributed by atoms with Gasteiger partial charge in [-0.25, -0.2) is 0 Å². The second-order valence-corrected chi connectivity index (χ2v) is 4.81. The molecule has 1 amide bonds. The molecular formula is C11H20N2O. The number of hydrogen-bond donors (Lipinski definition) is 2. The van der Waals surface area contributed by atoms with E-state index in [-0.39, 0.29) is 17.4 Å². The Bertz CT molecular complexity index is 217. The quantitative estimate of drug-likeness (QED) is 0.712. The average Bonchev–Trinajstić information content (AvgIpc) is 3.00. The first-order valence-electron chi connectivity index (χ1n) is 5.78. The van der Waals surface area contributed by atoms with Crippen LogP contribution in [0.1, 0.15) is 44.9 Å². The summed E-state index contributed by atoms with van der Waals surface area (Å²) in [6.45, 7) is 0.603. The van der Waals surface area contributed by atoms with Crippen molar-refractivity contribution in [2.75, 3.05) is 6.54 Å². The SMILES string of the molecule is NCC1(NC(=O)C2CCCCC2)CC1. The highest BCUT2D eigenvalue weighted by Crippen LogP contribution is 2.35. The van der Waals surface area contributed by atoms with E-state index in [0.717, 1.165) is 25.7 Å². The molecule has 0 radical (unpaired) electrons. The molecule has 0 saturated heterocycles. The largest absolute Gasteiger partial charge is 0.349 e. The average molecular weight is 196 g/mol. The van der Waals surface area contributed by atoms with E-state index in [1.54, 1.807) is 0 Å². The van der Waals surface area contributed by atoms with E-state index in [4.69, 9.17) is 5.73 Å². The molecule has 0 aliphatic heterocycles. The van der Waals surface area contributed by atoms with Crippen molar-refractivity contribution in [3.63, 3.8) is 0 Å². The van der Waals surface area contributed by atoms with Crippen molar-refractivity contribution in [1.82, 2.24) is 5.32 Å². The van der Waals surface area contributed by atoms with Gasteiger partial charge in [-0.2, -0.15) is 0 Å². The Morgan fingerprint density at radius 3 is 2.43 bits per heavy atom. The normalized spacial score (nSPS) is 25.8. The second kappa shape index (κ2) is 3.89. The molecule has 0 aromatic carbocycles. The van der Waals surface area contributed by atoms with Gasteiger partial charge < -0.3 is 11.1 Å². The summed E-state index contributed by atoms with van der Waals surface area (Å²) >= 11 is 0. The molecule has 2 saturated carbocycles. The fraction of sp³-hybridized carbons (Fsp3) is 0.909. The minimum atomic E-state index is -0.00543. The van der Waals surface area contributed by atoms with E-state index in [1.165, 1.54) is 19.3 Å². The fourth-order valence-electron chi connectivity index (χ4n) is 2.26. The summed E-state index contributed by atoms with van der Waals surface area (Å²) in [4.78, 5) is 11.8. The highest BCUT2D eigenvalue weighted by atomic mass is 16.2. The summed E-state index contributed by atoms with van der Waals surface area (Å²) in [6.07, 6.45) is 8.02. The van der Waals surface area contributed by atoms with Gasteiger partial charge in [-0.1, -0.05) is 19.3 Å². The molecule has 0 aromatic heterocycles. The fourth-order valence-corrected chi connectivity index (χ4v) is 2.26. The first-order chi connectivity index (χ1) is 6.76. The standard InChI is InChI=1S/C11H20N2O/c12-8-11(6-7-11)13-10(14)9-4-2-1-3-5-9/h9H,1-8,12H2,(H,13,14). The van der Waals surface area contributed by atoms with Crippen LogP contribution in [0, 0.1) is 5.92 Å². The van der Waals surface area contributed by atoms with Crippen molar-refractivity contribution < 1.29 is 4.79 Å². The Balaban J connectivity index is 1.82. The van der Waals surface area contributed by atoms with Crippen molar-refractivity contribution >= 4 is 5.91 Å². The van der Waals surface area contributed by atoms with E-state index < -0.39 is 0 Å². The molecule has 3 N–H and O–H groups in total. The van der Waals surface area contributed by atoms with Crippen LogP contribution in [-0.2, 0) is 4.79 Å². The first-order valence-corrected chi connectivity index (χ1v) is 5.78. The number of amides is 1. The lowest BCUT2D eigenvalue weighted by molar-refractivity contribution is -0.126. The Kier molecular flexibility index (Phi) is 2.77. The molecule has 2 rings (SSSR count). The third-order valence-corrected chi connectivity index (χ3v) is 3.61. The predicted molar refractivity (Wildman–Crippen MR) is 55.7 cm³/mol. The van der Waals surface area contributed by atoms with E-state index in [1.807, 2.05) is 0 Å². The van der Waals surface area contributed by atoms with Gasteiger partial charge in [0.25, 0.3) is 0 Å². The van der Waals surface area contributed by atoms with Crippen LogP contribution in [0.4, 0.5) is 0 Å². The summed E-state index contributed by atoms with van der Waals surface area (Å²) in [5.74, 6) is 0.528. The number of nitrogens with two attached hydrogens (primary N) is 1. The molecule has 0 aromatic rings. The van der Waals surface area contributed by atoms with Crippen molar-refractivity contribution in [3.8, 4) is 0 Å². The highest BCUT2D eigenvalue weighted by molar-refractivity contribution is 5.80. The topological polar surface area (TPSA) is 55.1 Å². The summed E-state index contributed by atoms with van der Waals surface area (Å²) in [5, 5.41) is 3.12. The van der Waals surface area contributed by atoms with Crippen LogP contribution in [0.5, 0.6) is 0 Å². The Morgan fingerprint density at radius 2 is 1.93 bits per heavy atom. The summed E-state index contributed by atoms with van der Waals surface area (Å²) in [7, 11) is 0. The van der Waals surface area contributed by atoms with E-state index >= 15 is 0 Å². The minimum Gasteiger partial charge on any atom is -0.349 e. The number of carbonyl (C=O) groups excluding carboxylic acids is 1. The van der Waals surface area contributed by atoms with Gasteiger partial charge in [-0.15, -0.1) is 0 Å². The van der Waals surface area contributed by atoms with Crippen molar-refractivity contribution in [2.24, 2.45) is 11.7 Å². The van der Waals surface area contributed by atoms with Crippen LogP contribution in [-0.4, -0.2) is 18.0 Å². The van der Waals surface area contributed by atoms with E-state index in [0.29, 0.717) is 6.54 Å². The zero-order valence-electron chi connectivity index (χ0n) is 8.72. The number of hydrogen-bond acceptors (Lipinski definition) is 2. The Labute approximate surface area is 85.4 Å². The van der Waals surface area contributed by atoms with Crippen molar-refractivity contribution in [3.05, 3.63) is 0 Å². The zero-order chi connectivity index (χ0) is 10.0. The van der Waals surface area contributed by atoms with Gasteiger partial charge >= 0.3 is 0 Å². The monoisotopic (exact) mass is 196 g/mol. The van der Waals surface area contributed by atoms with Crippen molar-refractivity contribution in [1.29, 1.82) is 0 Å². The molecule has 0 heterocycles. The third kappa shape index (κ3) is 2.08. The van der Waals surface area contributed by atoms with Gasteiger partial charge in [0, 0.05) is 12.5 Å². The molecular weight excluding hydrogens is 176 g/mol. The first kappa shape index (κ1) is 9.97. The van der Waals surface area contributed by atoms with Gasteiger partial charge in [0.15, 0.2) is 0 Å². The van der Waals surface area contributed by atoms with Crippen LogP contribution >= 0.6 is 0 Å². The summed E-state index contributed by atoms with van der Waals surface area (Å²) in [6, 6.07) is 0. The molecule has 0 bridgehead atoms. The van der Waals surface area contributed by atoms with Crippen LogP contribution in [0.15, 0.2) is 0 Å². The molecule has 0 atom stereocenters. The maximum atomic E-state index is 11.8. The maximum Gasteiger partial charge on any atom is 0.223 e. The molecule has 3 heteroatoms. The molecule has 3 nitrogen and oxygen atoms in total. The van der Waals surface area contributed by atoms with Gasteiger partial charge in [0.05, 0.1) is 5.54 Å². The third-order valence-electron chi connectivity index (χ3n) is 3.61. The number of nitrogens with one attached hydrogen (secondary N) is 1. The van der Waals surface area contributed by atoms with Gasteiger partial charge in [0.2, 0.25) is 5.91 Å². The summed E-state index contributed by atoms with van der Waals surface area (Å²) < 4.78 is 0. The van der Waals surface area contributed by atoms with Gasteiger partial charge in [-0.3, -0.25) is 4.79 Å². The maximum absolute atomic E-state index is 11.8. The van der Waals surface area contributed by atoms with Crippen LogP contribution in [0.2, 0.25) is 0 Å². The molecule has 2 fully saturated rings. The Hall–Kier alpha value is -0.570. The number of rotatable bonds is 3. The smallest absolute Gasteiger partial charge is 0.223 e. The minimum absolute atomic E-state index is 0.00543. The van der Waals surface area contributed by atoms with E-state index in [9.17, 15) is 4.79 Å². The van der Waals surface area contributed by atoms with E-state index in [2.05, 4.69) is 5.32 Å². The second-order valence-electron chi connectivity index (χ2n) is 4.81. The lowest BCUT2D eigenvalue weighted by Gasteiger charge is -2.24. The molecule has 2 aliphatic carbocycles. The Morgan fingerprint density at radius 1 is 1.29 bits per heavy atom. The molecule has 0 spiro atoms. The highest BCUT2D eigenvalue weighted by Gasteiger charge is 2.43.